The summed E-state index contributed by atoms with van der Waals surface area (Å²) >= 11 is 6.10. The van der Waals surface area contributed by atoms with Crippen LogP contribution in [0.3, 0.4) is 0 Å². The lowest BCUT2D eigenvalue weighted by atomic mass is 9.75. The molecule has 0 spiro atoms. The average molecular weight is 280 g/mol. The molecule has 0 amide bonds. The summed E-state index contributed by atoms with van der Waals surface area (Å²) in [5, 5.41) is 4.13. The predicted molar refractivity (Wildman–Crippen MR) is 78.7 cm³/mol. The number of rotatable bonds is 3. The molecule has 2 saturated carbocycles. The Labute approximate surface area is 120 Å². The molecule has 19 heavy (non-hydrogen) atoms. The Bertz CT molecular complexity index is 468. The van der Waals surface area contributed by atoms with Crippen molar-refractivity contribution < 1.29 is 0 Å². The number of nitrogens with zero attached hydrogens (tertiary/aromatic N) is 2. The Kier molecular flexibility index (Phi) is 3.42. The summed E-state index contributed by atoms with van der Waals surface area (Å²) in [5.74, 6) is 2.37. The lowest BCUT2D eigenvalue weighted by Gasteiger charge is -2.35. The molecule has 0 saturated heterocycles. The zero-order valence-corrected chi connectivity index (χ0v) is 12.5. The van der Waals surface area contributed by atoms with Crippen molar-refractivity contribution in [2.75, 3.05) is 5.32 Å². The van der Waals surface area contributed by atoms with Gasteiger partial charge in [0.05, 0.1) is 0 Å². The zero-order chi connectivity index (χ0) is 13.5. The highest BCUT2D eigenvalue weighted by Crippen LogP contribution is 2.39. The van der Waals surface area contributed by atoms with Crippen LogP contribution in [0.4, 0.5) is 5.82 Å². The topological polar surface area (TPSA) is 37.8 Å². The van der Waals surface area contributed by atoms with Gasteiger partial charge in [0.2, 0.25) is 0 Å². The summed E-state index contributed by atoms with van der Waals surface area (Å²) < 4.78 is 0. The number of hydrogen-bond acceptors (Lipinski definition) is 3. The first-order valence-corrected chi connectivity index (χ1v) is 7.71. The fourth-order valence-corrected chi connectivity index (χ4v) is 3.25. The normalized spacial score (nSPS) is 26.2. The molecule has 2 fully saturated rings. The molecule has 104 valence electrons. The van der Waals surface area contributed by atoms with Gasteiger partial charge in [-0.1, -0.05) is 31.9 Å². The van der Waals surface area contributed by atoms with Gasteiger partial charge >= 0.3 is 0 Å². The third-order valence-electron chi connectivity index (χ3n) is 4.21. The summed E-state index contributed by atoms with van der Waals surface area (Å²) in [5.41, 5.74) is 0.437. The molecule has 0 aliphatic heterocycles. The van der Waals surface area contributed by atoms with E-state index < -0.39 is 0 Å². The first-order valence-electron chi connectivity index (χ1n) is 7.33. The summed E-state index contributed by atoms with van der Waals surface area (Å²) in [6, 6.07) is 2.37. The van der Waals surface area contributed by atoms with E-state index >= 15 is 0 Å². The Morgan fingerprint density at radius 1 is 1.26 bits per heavy atom. The van der Waals surface area contributed by atoms with Gasteiger partial charge in [0.15, 0.2) is 0 Å². The lowest BCUT2D eigenvalue weighted by molar-refractivity contribution is 0.229. The number of halogens is 1. The molecule has 1 aromatic rings. The number of nitrogens with one attached hydrogen (secondary N) is 1. The third-order valence-corrected chi connectivity index (χ3v) is 4.41. The van der Waals surface area contributed by atoms with E-state index in [0.29, 0.717) is 22.5 Å². The molecule has 3 rings (SSSR count). The molecule has 1 unspecified atom stereocenters. The lowest BCUT2D eigenvalue weighted by Crippen LogP contribution is -2.32. The predicted octanol–water partition coefficient (Wildman–Crippen LogP) is 4.39. The van der Waals surface area contributed by atoms with Gasteiger partial charge in [-0.05, 0) is 37.5 Å². The first kappa shape index (κ1) is 13.2. The van der Waals surface area contributed by atoms with E-state index in [1.807, 2.05) is 6.07 Å². The molecule has 3 nitrogen and oxygen atoms in total. The fraction of sp³-hybridized carbons (Fsp3) is 0.733. The number of anilines is 1. The minimum Gasteiger partial charge on any atom is -0.367 e. The van der Waals surface area contributed by atoms with Crippen LogP contribution in [-0.2, 0) is 0 Å². The van der Waals surface area contributed by atoms with E-state index in [1.165, 1.54) is 38.5 Å². The van der Waals surface area contributed by atoms with Crippen LogP contribution in [0.5, 0.6) is 0 Å². The van der Waals surface area contributed by atoms with Gasteiger partial charge in [-0.3, -0.25) is 0 Å². The van der Waals surface area contributed by atoms with Crippen molar-refractivity contribution in [2.45, 2.75) is 64.3 Å². The SMILES string of the molecule is CC1(C)CCCC(Nc2cc(Cl)nc(C3CC3)n2)C1. The summed E-state index contributed by atoms with van der Waals surface area (Å²) in [4.78, 5) is 8.96. The molecule has 1 atom stereocenters. The van der Waals surface area contributed by atoms with Crippen molar-refractivity contribution in [3.63, 3.8) is 0 Å². The van der Waals surface area contributed by atoms with Crippen LogP contribution in [0.25, 0.3) is 0 Å². The smallest absolute Gasteiger partial charge is 0.135 e. The second kappa shape index (κ2) is 4.93. The van der Waals surface area contributed by atoms with Gasteiger partial charge in [-0.25, -0.2) is 9.97 Å². The van der Waals surface area contributed by atoms with E-state index in [4.69, 9.17) is 11.6 Å². The quantitative estimate of drug-likeness (QED) is 0.834. The standard InChI is InChI=1S/C15H22ClN3/c1-15(2)7-3-4-11(9-15)17-13-8-12(16)18-14(19-13)10-5-6-10/h8,10-11H,3-7,9H2,1-2H3,(H,17,18,19). The highest BCUT2D eigenvalue weighted by atomic mass is 35.5. The van der Waals surface area contributed by atoms with Crippen molar-refractivity contribution >= 4 is 17.4 Å². The van der Waals surface area contributed by atoms with Crippen LogP contribution in [0.15, 0.2) is 6.07 Å². The molecule has 2 aliphatic carbocycles. The van der Waals surface area contributed by atoms with Gasteiger partial charge in [0, 0.05) is 18.0 Å². The highest BCUT2D eigenvalue weighted by molar-refractivity contribution is 6.29. The van der Waals surface area contributed by atoms with Gasteiger partial charge < -0.3 is 5.32 Å². The Morgan fingerprint density at radius 3 is 2.74 bits per heavy atom. The number of hydrogen-bond donors (Lipinski definition) is 1. The molecule has 2 aliphatic rings. The Morgan fingerprint density at radius 2 is 2.05 bits per heavy atom. The summed E-state index contributed by atoms with van der Waals surface area (Å²) in [7, 11) is 0. The van der Waals surface area contributed by atoms with E-state index in [2.05, 4.69) is 29.1 Å². The van der Waals surface area contributed by atoms with Gasteiger partial charge in [-0.15, -0.1) is 0 Å². The Balaban J connectivity index is 1.72. The highest BCUT2D eigenvalue weighted by Gasteiger charge is 2.29. The molecule has 1 aromatic heterocycles. The largest absolute Gasteiger partial charge is 0.367 e. The second-order valence-corrected chi connectivity index (χ2v) is 7.20. The molecule has 4 heteroatoms. The summed E-state index contributed by atoms with van der Waals surface area (Å²) in [6.07, 6.45) is 7.45. The minimum absolute atomic E-state index is 0.437. The van der Waals surface area contributed by atoms with Crippen molar-refractivity contribution in [1.82, 2.24) is 9.97 Å². The molecule has 1 heterocycles. The van der Waals surface area contributed by atoms with Crippen molar-refractivity contribution in [3.8, 4) is 0 Å². The van der Waals surface area contributed by atoms with Crippen LogP contribution >= 0.6 is 11.6 Å². The maximum absolute atomic E-state index is 6.10. The molecule has 0 bridgehead atoms. The monoisotopic (exact) mass is 279 g/mol. The number of aromatic nitrogens is 2. The first-order chi connectivity index (χ1) is 9.02. The van der Waals surface area contributed by atoms with E-state index in [-0.39, 0.29) is 0 Å². The molecule has 0 radical (unpaired) electrons. The van der Waals surface area contributed by atoms with E-state index in [9.17, 15) is 0 Å². The molecular weight excluding hydrogens is 258 g/mol. The van der Waals surface area contributed by atoms with Crippen LogP contribution in [0.1, 0.15) is 64.1 Å². The van der Waals surface area contributed by atoms with Crippen LogP contribution in [0, 0.1) is 5.41 Å². The van der Waals surface area contributed by atoms with Gasteiger partial charge in [-0.2, -0.15) is 0 Å². The van der Waals surface area contributed by atoms with Crippen molar-refractivity contribution in [2.24, 2.45) is 5.41 Å². The summed E-state index contributed by atoms with van der Waals surface area (Å²) in [6.45, 7) is 4.70. The molecular formula is C15H22ClN3. The molecule has 0 aromatic carbocycles. The maximum Gasteiger partial charge on any atom is 0.135 e. The zero-order valence-electron chi connectivity index (χ0n) is 11.7. The molecule has 1 N–H and O–H groups in total. The average Bonchev–Trinajstić information content (AvgIpc) is 3.10. The van der Waals surface area contributed by atoms with E-state index in [0.717, 1.165) is 11.6 Å². The van der Waals surface area contributed by atoms with Crippen LogP contribution < -0.4 is 5.32 Å². The maximum atomic E-state index is 6.10. The fourth-order valence-electron chi connectivity index (χ4n) is 3.06. The Hall–Kier alpha value is -0.830. The second-order valence-electron chi connectivity index (χ2n) is 6.81. The van der Waals surface area contributed by atoms with Crippen molar-refractivity contribution in [3.05, 3.63) is 17.0 Å². The van der Waals surface area contributed by atoms with Crippen molar-refractivity contribution in [1.29, 1.82) is 0 Å². The van der Waals surface area contributed by atoms with Crippen LogP contribution in [-0.4, -0.2) is 16.0 Å². The minimum atomic E-state index is 0.437. The van der Waals surface area contributed by atoms with Gasteiger partial charge in [0.25, 0.3) is 0 Å². The van der Waals surface area contributed by atoms with E-state index in [1.54, 1.807) is 0 Å². The third kappa shape index (κ3) is 3.38. The van der Waals surface area contributed by atoms with Crippen LogP contribution in [0.2, 0.25) is 5.15 Å². The van der Waals surface area contributed by atoms with Gasteiger partial charge in [0.1, 0.15) is 16.8 Å².